The van der Waals surface area contributed by atoms with Crippen LogP contribution < -0.4 is 10.5 Å². The van der Waals surface area contributed by atoms with Gasteiger partial charge in [0.1, 0.15) is 4.47 Å². The predicted octanol–water partition coefficient (Wildman–Crippen LogP) is 0.601. The number of hydrogen-bond acceptors (Lipinski definition) is 4. The summed E-state index contributed by atoms with van der Waals surface area (Å²) in [4.78, 5) is 27.4. The van der Waals surface area contributed by atoms with E-state index < -0.39 is 0 Å². The number of hydrogen-bond donors (Lipinski definition) is 0. The standard InChI is InChI=1S/C12H17BrN4O2/c1-3-10(18)17-6-4-16(5-7-17)9-8-14-15(2)12(19)11(9)13/h8H,3-7H2,1-2H3. The van der Waals surface area contributed by atoms with Crippen LogP contribution in [0, 0.1) is 0 Å². The summed E-state index contributed by atoms with van der Waals surface area (Å²) >= 11 is 3.33. The van der Waals surface area contributed by atoms with Crippen molar-refractivity contribution in [1.29, 1.82) is 0 Å². The van der Waals surface area contributed by atoms with Crippen LogP contribution in [-0.2, 0) is 11.8 Å². The summed E-state index contributed by atoms with van der Waals surface area (Å²) in [7, 11) is 1.62. The predicted molar refractivity (Wildman–Crippen MR) is 76.3 cm³/mol. The highest BCUT2D eigenvalue weighted by Gasteiger charge is 2.22. The SMILES string of the molecule is CCC(=O)N1CCN(c2cnn(C)c(=O)c2Br)CC1. The lowest BCUT2D eigenvalue weighted by molar-refractivity contribution is -0.131. The maximum Gasteiger partial charge on any atom is 0.282 e. The molecule has 0 spiro atoms. The lowest BCUT2D eigenvalue weighted by Gasteiger charge is -2.36. The zero-order chi connectivity index (χ0) is 14.0. The molecule has 2 rings (SSSR count). The van der Waals surface area contributed by atoms with Crippen LogP contribution in [0.4, 0.5) is 5.69 Å². The van der Waals surface area contributed by atoms with Gasteiger partial charge in [0.05, 0.1) is 11.9 Å². The molecule has 1 aliphatic heterocycles. The lowest BCUT2D eigenvalue weighted by Crippen LogP contribution is -2.49. The molecular weight excluding hydrogens is 312 g/mol. The van der Waals surface area contributed by atoms with Crippen LogP contribution in [0.15, 0.2) is 15.5 Å². The summed E-state index contributed by atoms with van der Waals surface area (Å²) in [5.74, 6) is 0.181. The molecule has 19 heavy (non-hydrogen) atoms. The monoisotopic (exact) mass is 328 g/mol. The topological polar surface area (TPSA) is 58.4 Å². The normalized spacial score (nSPS) is 15.7. The molecule has 0 aliphatic carbocycles. The molecule has 6 nitrogen and oxygen atoms in total. The third kappa shape index (κ3) is 2.80. The van der Waals surface area contributed by atoms with Gasteiger partial charge < -0.3 is 9.80 Å². The molecule has 0 radical (unpaired) electrons. The number of aromatic nitrogens is 2. The van der Waals surface area contributed by atoms with Gasteiger partial charge in [-0.15, -0.1) is 0 Å². The molecule has 0 atom stereocenters. The minimum Gasteiger partial charge on any atom is -0.366 e. The van der Waals surface area contributed by atoms with Gasteiger partial charge in [-0.3, -0.25) is 9.59 Å². The van der Waals surface area contributed by atoms with E-state index in [1.54, 1.807) is 13.2 Å². The van der Waals surface area contributed by atoms with Crippen LogP contribution in [0.25, 0.3) is 0 Å². The second-order valence-electron chi connectivity index (χ2n) is 4.49. The van der Waals surface area contributed by atoms with E-state index in [1.165, 1.54) is 4.68 Å². The van der Waals surface area contributed by atoms with E-state index >= 15 is 0 Å². The van der Waals surface area contributed by atoms with Gasteiger partial charge in [0.15, 0.2) is 0 Å². The van der Waals surface area contributed by atoms with Gasteiger partial charge in [0.2, 0.25) is 5.91 Å². The highest BCUT2D eigenvalue weighted by molar-refractivity contribution is 9.10. The second-order valence-corrected chi connectivity index (χ2v) is 5.29. The van der Waals surface area contributed by atoms with Crippen LogP contribution in [0.1, 0.15) is 13.3 Å². The fourth-order valence-corrected chi connectivity index (χ4v) is 2.75. The molecule has 1 aliphatic rings. The third-order valence-corrected chi connectivity index (χ3v) is 4.08. The number of rotatable bonds is 2. The molecule has 0 saturated carbocycles. The summed E-state index contributed by atoms with van der Waals surface area (Å²) in [6, 6.07) is 0. The van der Waals surface area contributed by atoms with Crippen molar-refractivity contribution in [3.05, 3.63) is 21.0 Å². The van der Waals surface area contributed by atoms with Crippen molar-refractivity contribution in [1.82, 2.24) is 14.7 Å². The van der Waals surface area contributed by atoms with E-state index in [4.69, 9.17) is 0 Å². The number of anilines is 1. The van der Waals surface area contributed by atoms with Crippen LogP contribution in [-0.4, -0.2) is 46.8 Å². The fraction of sp³-hybridized carbons (Fsp3) is 0.583. The molecule has 1 aromatic rings. The van der Waals surface area contributed by atoms with Gasteiger partial charge in [-0.05, 0) is 15.9 Å². The van der Waals surface area contributed by atoms with Crippen molar-refractivity contribution in [3.8, 4) is 0 Å². The lowest BCUT2D eigenvalue weighted by atomic mass is 10.2. The smallest absolute Gasteiger partial charge is 0.282 e. The Kier molecular flexibility index (Phi) is 4.24. The average molecular weight is 329 g/mol. The summed E-state index contributed by atoms with van der Waals surface area (Å²) < 4.78 is 1.82. The number of halogens is 1. The highest BCUT2D eigenvalue weighted by atomic mass is 79.9. The Hall–Kier alpha value is -1.37. The molecule has 1 aromatic heterocycles. The van der Waals surface area contributed by atoms with E-state index in [0.717, 1.165) is 18.8 Å². The van der Waals surface area contributed by atoms with Gasteiger partial charge in [-0.25, -0.2) is 4.68 Å². The quantitative estimate of drug-likeness (QED) is 0.797. The fourth-order valence-electron chi connectivity index (χ4n) is 2.14. The number of aryl methyl sites for hydroxylation is 1. The largest absolute Gasteiger partial charge is 0.366 e. The van der Waals surface area contributed by atoms with Gasteiger partial charge in [0.25, 0.3) is 5.56 Å². The van der Waals surface area contributed by atoms with Crippen LogP contribution in [0.3, 0.4) is 0 Å². The maximum absolute atomic E-state index is 11.8. The van der Waals surface area contributed by atoms with Crippen molar-refractivity contribution in [2.24, 2.45) is 7.05 Å². The number of nitrogens with zero attached hydrogens (tertiary/aromatic N) is 4. The van der Waals surface area contributed by atoms with Crippen molar-refractivity contribution < 1.29 is 4.79 Å². The molecule has 0 unspecified atom stereocenters. The molecule has 1 saturated heterocycles. The molecule has 104 valence electrons. The Morgan fingerprint density at radius 2 is 2.00 bits per heavy atom. The minimum atomic E-state index is -0.149. The van der Waals surface area contributed by atoms with Crippen molar-refractivity contribution in [2.45, 2.75) is 13.3 Å². The Morgan fingerprint density at radius 1 is 1.37 bits per heavy atom. The third-order valence-electron chi connectivity index (χ3n) is 3.34. The summed E-state index contributed by atoms with van der Waals surface area (Å²) in [5.41, 5.74) is 0.649. The van der Waals surface area contributed by atoms with E-state index in [1.807, 2.05) is 11.8 Å². The first kappa shape index (κ1) is 14.0. The van der Waals surface area contributed by atoms with Crippen LogP contribution >= 0.6 is 15.9 Å². The first-order valence-corrected chi connectivity index (χ1v) is 7.08. The van der Waals surface area contributed by atoms with E-state index in [0.29, 0.717) is 24.0 Å². The number of amides is 1. The number of carbonyl (C=O) groups is 1. The molecule has 2 heterocycles. The van der Waals surface area contributed by atoms with Gasteiger partial charge >= 0.3 is 0 Å². The van der Waals surface area contributed by atoms with Gasteiger partial charge in [-0.1, -0.05) is 6.92 Å². The van der Waals surface area contributed by atoms with E-state index in [2.05, 4.69) is 25.9 Å². The Balaban J connectivity index is 2.12. The molecule has 1 amide bonds. The molecule has 0 aromatic carbocycles. The number of carbonyl (C=O) groups excluding carboxylic acids is 1. The summed E-state index contributed by atoms with van der Waals surface area (Å²) in [6.07, 6.45) is 2.22. The highest BCUT2D eigenvalue weighted by Crippen LogP contribution is 2.22. The Morgan fingerprint density at radius 3 is 2.58 bits per heavy atom. The Bertz CT molecular complexity index is 535. The maximum atomic E-state index is 11.8. The first-order chi connectivity index (χ1) is 9.04. The zero-order valence-electron chi connectivity index (χ0n) is 11.1. The molecule has 7 heteroatoms. The molecule has 0 N–H and O–H groups in total. The molecular formula is C12H17BrN4O2. The second kappa shape index (κ2) is 5.73. The van der Waals surface area contributed by atoms with Gasteiger partial charge in [0, 0.05) is 39.6 Å². The van der Waals surface area contributed by atoms with Crippen LogP contribution in [0.5, 0.6) is 0 Å². The zero-order valence-corrected chi connectivity index (χ0v) is 12.7. The summed E-state index contributed by atoms with van der Waals surface area (Å²) in [5, 5.41) is 4.04. The summed E-state index contributed by atoms with van der Waals surface area (Å²) in [6.45, 7) is 4.69. The molecule has 0 bridgehead atoms. The molecule has 1 fully saturated rings. The minimum absolute atomic E-state index is 0.149. The van der Waals surface area contributed by atoms with Crippen molar-refractivity contribution in [3.63, 3.8) is 0 Å². The van der Waals surface area contributed by atoms with E-state index in [-0.39, 0.29) is 11.5 Å². The Labute approximate surface area is 120 Å². The average Bonchev–Trinajstić information content (AvgIpc) is 2.44. The van der Waals surface area contributed by atoms with E-state index in [9.17, 15) is 9.59 Å². The van der Waals surface area contributed by atoms with Crippen molar-refractivity contribution in [2.75, 3.05) is 31.1 Å². The van der Waals surface area contributed by atoms with Crippen LogP contribution in [0.2, 0.25) is 0 Å². The van der Waals surface area contributed by atoms with Crippen molar-refractivity contribution >= 4 is 27.5 Å². The van der Waals surface area contributed by atoms with Gasteiger partial charge in [-0.2, -0.15) is 5.10 Å². The number of piperazine rings is 1. The first-order valence-electron chi connectivity index (χ1n) is 6.29.